The van der Waals surface area contributed by atoms with Gasteiger partial charge in [-0.05, 0) is 18.2 Å². The lowest BCUT2D eigenvalue weighted by Crippen LogP contribution is -2.25. The number of esters is 2. The van der Waals surface area contributed by atoms with Crippen LogP contribution in [0.15, 0.2) is 44.7 Å². The van der Waals surface area contributed by atoms with E-state index in [1.54, 1.807) is 6.07 Å². The van der Waals surface area contributed by atoms with Crippen LogP contribution in [0.4, 0.5) is 0 Å². The van der Waals surface area contributed by atoms with Crippen molar-refractivity contribution in [1.29, 1.82) is 0 Å². The number of H-pyrrole nitrogens is 1. The second-order valence-electron chi connectivity index (χ2n) is 6.50. The van der Waals surface area contributed by atoms with Crippen LogP contribution in [0.2, 0.25) is 0 Å². The summed E-state index contributed by atoms with van der Waals surface area (Å²) < 4.78 is 20.0. The second-order valence-corrected chi connectivity index (χ2v) is 6.50. The molecule has 0 radical (unpaired) electrons. The summed E-state index contributed by atoms with van der Waals surface area (Å²) in [5.74, 6) is -3.25. The molecule has 0 aliphatic rings. The maximum Gasteiger partial charge on any atom is 0.343 e. The van der Waals surface area contributed by atoms with Gasteiger partial charge in [0.1, 0.15) is 22.6 Å². The Balaban J connectivity index is 2.31. The van der Waals surface area contributed by atoms with Crippen LogP contribution in [0, 0.1) is 0 Å². The lowest BCUT2D eigenvalue weighted by atomic mass is 9.88. The quantitative estimate of drug-likeness (QED) is 0.559. The Bertz CT molecular complexity index is 1270. The summed E-state index contributed by atoms with van der Waals surface area (Å²) in [6.45, 7) is 0. The molecule has 10 nitrogen and oxygen atoms in total. The van der Waals surface area contributed by atoms with E-state index in [1.807, 2.05) is 0 Å². The lowest BCUT2D eigenvalue weighted by molar-refractivity contribution is -0.140. The van der Waals surface area contributed by atoms with Crippen LogP contribution in [0.25, 0.3) is 11.0 Å². The van der Waals surface area contributed by atoms with Gasteiger partial charge in [0.05, 0.1) is 45.0 Å². The van der Waals surface area contributed by atoms with E-state index in [0.29, 0.717) is 5.75 Å². The average molecular weight is 429 g/mol. The fourth-order valence-electron chi connectivity index (χ4n) is 3.24. The van der Waals surface area contributed by atoms with Crippen LogP contribution < -0.4 is 15.7 Å². The summed E-state index contributed by atoms with van der Waals surface area (Å²) in [6.07, 6.45) is 1.61. The molecule has 0 aliphatic heterocycles. The van der Waals surface area contributed by atoms with Gasteiger partial charge in [0, 0.05) is 17.7 Å². The van der Waals surface area contributed by atoms with Gasteiger partial charge in [-0.1, -0.05) is 0 Å². The first-order valence-corrected chi connectivity index (χ1v) is 9.01. The van der Waals surface area contributed by atoms with Gasteiger partial charge in [-0.25, -0.2) is 4.79 Å². The number of carbonyl (C=O) groups is 2. The zero-order valence-electron chi connectivity index (χ0n) is 16.9. The van der Waals surface area contributed by atoms with Crippen molar-refractivity contribution in [3.05, 3.63) is 67.9 Å². The smallest absolute Gasteiger partial charge is 0.343 e. The number of rotatable bonds is 6. The zero-order chi connectivity index (χ0) is 22.7. The number of hydrogen-bond donors (Lipinski definition) is 2. The minimum Gasteiger partial charge on any atom is -0.506 e. The molecule has 0 spiro atoms. The van der Waals surface area contributed by atoms with Crippen LogP contribution in [0.1, 0.15) is 33.8 Å². The summed E-state index contributed by atoms with van der Waals surface area (Å²) in [4.78, 5) is 52.2. The number of nitrogens with one attached hydrogen (secondary N) is 1. The molecule has 1 atom stereocenters. The first-order chi connectivity index (χ1) is 14.8. The number of carbonyl (C=O) groups excluding carboxylic acids is 2. The van der Waals surface area contributed by atoms with Crippen molar-refractivity contribution < 1.29 is 33.3 Å². The predicted molar refractivity (Wildman–Crippen MR) is 108 cm³/mol. The number of methoxy groups -OCH3 is 3. The summed E-state index contributed by atoms with van der Waals surface area (Å²) in [7, 11) is 3.68. The van der Waals surface area contributed by atoms with Crippen molar-refractivity contribution in [3.63, 3.8) is 0 Å². The predicted octanol–water partition coefficient (Wildman–Crippen LogP) is 1.68. The maximum atomic E-state index is 13.2. The van der Waals surface area contributed by atoms with Crippen LogP contribution in [-0.2, 0) is 14.3 Å². The average Bonchev–Trinajstić information content (AvgIpc) is 2.78. The molecule has 3 aromatic rings. The Hall–Kier alpha value is -4.08. The van der Waals surface area contributed by atoms with Crippen molar-refractivity contribution in [3.8, 4) is 11.5 Å². The van der Waals surface area contributed by atoms with E-state index in [2.05, 4.69) is 14.5 Å². The topological polar surface area (TPSA) is 145 Å². The van der Waals surface area contributed by atoms with Gasteiger partial charge in [0.2, 0.25) is 0 Å². The number of fused-ring (bicyclic) bond motifs is 1. The molecule has 162 valence electrons. The number of ether oxygens (including phenoxy) is 3. The molecule has 1 aromatic carbocycles. The molecule has 2 heterocycles. The van der Waals surface area contributed by atoms with Gasteiger partial charge in [-0.2, -0.15) is 0 Å². The Kier molecular flexibility index (Phi) is 6.10. The van der Waals surface area contributed by atoms with Crippen molar-refractivity contribution in [2.75, 3.05) is 21.3 Å². The standard InChI is InChI=1S/C21H19NO9/c1-28-10-4-5-15-12(6-10)18(24)14(9-31-15)11(7-16(23)29-2)17-19(25)13(21(27)30-3)8-22-20(17)26/h4-6,8-9,11H,7H2,1-3H3,(H2,22,25,26). The fraction of sp³-hybridized carbons (Fsp3) is 0.238. The van der Waals surface area contributed by atoms with Crippen LogP contribution >= 0.6 is 0 Å². The molecule has 0 fully saturated rings. The largest absolute Gasteiger partial charge is 0.506 e. The minimum atomic E-state index is -1.27. The molecule has 31 heavy (non-hydrogen) atoms. The summed E-state index contributed by atoms with van der Waals surface area (Å²) in [6, 6.07) is 4.60. The van der Waals surface area contributed by atoms with Gasteiger partial charge in [-0.3, -0.25) is 14.4 Å². The summed E-state index contributed by atoms with van der Waals surface area (Å²) in [5, 5.41) is 10.8. The number of pyridine rings is 1. The molecule has 0 saturated carbocycles. The molecule has 10 heteroatoms. The molecule has 0 bridgehead atoms. The number of benzene rings is 1. The van der Waals surface area contributed by atoms with E-state index in [1.165, 1.54) is 19.2 Å². The highest BCUT2D eigenvalue weighted by atomic mass is 16.5. The Morgan fingerprint density at radius 1 is 1.16 bits per heavy atom. The Morgan fingerprint density at radius 2 is 1.90 bits per heavy atom. The molecule has 2 aromatic heterocycles. The summed E-state index contributed by atoms with van der Waals surface area (Å²) in [5.41, 5.74) is -1.89. The minimum absolute atomic E-state index is 0.0889. The van der Waals surface area contributed by atoms with E-state index in [-0.39, 0.29) is 27.7 Å². The third-order valence-electron chi connectivity index (χ3n) is 4.84. The van der Waals surface area contributed by atoms with E-state index in [4.69, 9.17) is 9.15 Å². The van der Waals surface area contributed by atoms with Gasteiger partial charge < -0.3 is 28.7 Å². The maximum absolute atomic E-state index is 13.2. The normalized spacial score (nSPS) is 11.7. The molecule has 1 unspecified atom stereocenters. The molecular weight excluding hydrogens is 410 g/mol. The van der Waals surface area contributed by atoms with E-state index < -0.39 is 41.0 Å². The third kappa shape index (κ3) is 4.00. The molecule has 3 rings (SSSR count). The van der Waals surface area contributed by atoms with Crippen molar-refractivity contribution in [2.24, 2.45) is 0 Å². The molecule has 0 amide bonds. The molecular formula is C21H19NO9. The SMILES string of the molecule is COC(=O)CC(c1c(O)c(C(=O)OC)c[nH]c1=O)c1coc2ccc(OC)cc2c1=O. The van der Waals surface area contributed by atoms with Crippen LogP contribution in [-0.4, -0.2) is 43.4 Å². The highest BCUT2D eigenvalue weighted by molar-refractivity contribution is 5.92. The van der Waals surface area contributed by atoms with Gasteiger partial charge in [0.15, 0.2) is 5.43 Å². The van der Waals surface area contributed by atoms with Gasteiger partial charge in [0.25, 0.3) is 5.56 Å². The fourth-order valence-corrected chi connectivity index (χ4v) is 3.24. The van der Waals surface area contributed by atoms with E-state index in [9.17, 15) is 24.3 Å². The lowest BCUT2D eigenvalue weighted by Gasteiger charge is -2.17. The first kappa shape index (κ1) is 21.6. The zero-order valence-corrected chi connectivity index (χ0v) is 16.9. The summed E-state index contributed by atoms with van der Waals surface area (Å²) >= 11 is 0. The Morgan fingerprint density at radius 3 is 2.55 bits per heavy atom. The number of aromatic amines is 1. The molecule has 2 N–H and O–H groups in total. The Labute approximate surface area is 175 Å². The van der Waals surface area contributed by atoms with Crippen molar-refractivity contribution in [1.82, 2.24) is 4.98 Å². The highest BCUT2D eigenvalue weighted by Gasteiger charge is 2.30. The van der Waals surface area contributed by atoms with Gasteiger partial charge in [-0.15, -0.1) is 0 Å². The highest BCUT2D eigenvalue weighted by Crippen LogP contribution is 2.33. The van der Waals surface area contributed by atoms with E-state index in [0.717, 1.165) is 26.7 Å². The number of aromatic nitrogens is 1. The van der Waals surface area contributed by atoms with Crippen molar-refractivity contribution >= 4 is 22.9 Å². The van der Waals surface area contributed by atoms with Crippen LogP contribution in [0.3, 0.4) is 0 Å². The first-order valence-electron chi connectivity index (χ1n) is 9.01. The molecule has 0 aliphatic carbocycles. The third-order valence-corrected chi connectivity index (χ3v) is 4.84. The molecule has 0 saturated heterocycles. The second kappa shape index (κ2) is 8.74. The monoisotopic (exact) mass is 429 g/mol. The van der Waals surface area contributed by atoms with Gasteiger partial charge >= 0.3 is 11.9 Å². The van der Waals surface area contributed by atoms with E-state index >= 15 is 0 Å². The number of hydrogen-bond acceptors (Lipinski definition) is 9. The van der Waals surface area contributed by atoms with Crippen LogP contribution in [0.5, 0.6) is 11.5 Å². The van der Waals surface area contributed by atoms with Crippen molar-refractivity contribution in [2.45, 2.75) is 12.3 Å². The number of aromatic hydroxyl groups is 1.